The number of carbonyl (C=O) groups is 4. The van der Waals surface area contributed by atoms with E-state index in [-0.39, 0.29) is 25.7 Å². The maximum absolute atomic E-state index is 13.1. The van der Waals surface area contributed by atoms with Crippen LogP contribution in [0.4, 0.5) is 0 Å². The summed E-state index contributed by atoms with van der Waals surface area (Å²) in [7, 11) is -9.92. The molecular weight excluding hydrogens is 1320 g/mol. The molecule has 0 heterocycles. The van der Waals surface area contributed by atoms with Gasteiger partial charge in [0, 0.05) is 25.7 Å². The van der Waals surface area contributed by atoms with Gasteiger partial charge in [0.25, 0.3) is 0 Å². The minimum atomic E-state index is -4.96. The van der Waals surface area contributed by atoms with Crippen LogP contribution in [0.2, 0.25) is 0 Å². The number of esters is 4. The monoisotopic (exact) mass is 1480 g/mol. The van der Waals surface area contributed by atoms with Gasteiger partial charge in [0.15, 0.2) is 12.2 Å². The lowest BCUT2D eigenvalue weighted by Crippen LogP contribution is -2.30. The van der Waals surface area contributed by atoms with Crippen molar-refractivity contribution in [2.45, 2.75) is 457 Å². The van der Waals surface area contributed by atoms with Crippen LogP contribution in [0.1, 0.15) is 439 Å². The van der Waals surface area contributed by atoms with E-state index in [0.717, 1.165) is 96.3 Å². The van der Waals surface area contributed by atoms with Gasteiger partial charge in [-0.05, 0) is 31.6 Å². The number of ether oxygens (including phenoxy) is 4. The number of rotatable bonds is 82. The Bertz CT molecular complexity index is 1930. The molecule has 0 amide bonds. The predicted octanol–water partition coefficient (Wildman–Crippen LogP) is 24.8. The van der Waals surface area contributed by atoms with Crippen molar-refractivity contribution in [3.63, 3.8) is 0 Å². The summed E-state index contributed by atoms with van der Waals surface area (Å²) in [6.45, 7) is 7.27. The van der Waals surface area contributed by atoms with Crippen LogP contribution in [0, 0.1) is 5.92 Å². The fourth-order valence-electron chi connectivity index (χ4n) is 12.8. The highest BCUT2D eigenvalue weighted by molar-refractivity contribution is 7.47. The molecule has 0 aromatic heterocycles. The molecule has 3 N–H and O–H groups in total. The quantitative estimate of drug-likeness (QED) is 0.0222. The molecule has 0 saturated carbocycles. The number of phosphoric acid groups is 2. The number of hydrogen-bond donors (Lipinski definition) is 3. The van der Waals surface area contributed by atoms with Crippen molar-refractivity contribution in [3.8, 4) is 0 Å². The van der Waals surface area contributed by atoms with Crippen molar-refractivity contribution >= 4 is 39.5 Å². The molecule has 0 aliphatic rings. The van der Waals surface area contributed by atoms with E-state index in [4.69, 9.17) is 37.0 Å². The second-order valence-electron chi connectivity index (χ2n) is 30.0. The summed E-state index contributed by atoms with van der Waals surface area (Å²) in [4.78, 5) is 73.0. The summed E-state index contributed by atoms with van der Waals surface area (Å²) in [5.74, 6) is -1.40. The molecule has 0 fully saturated rings. The first-order chi connectivity index (χ1) is 49.0. The molecule has 0 rings (SSSR count). The minimum absolute atomic E-state index is 0.107. The number of phosphoric ester groups is 2. The Morgan fingerprint density at radius 2 is 0.455 bits per heavy atom. The zero-order valence-corrected chi connectivity index (χ0v) is 67.8. The zero-order chi connectivity index (χ0) is 74.1. The maximum atomic E-state index is 13.1. The van der Waals surface area contributed by atoms with Gasteiger partial charge in [-0.3, -0.25) is 37.3 Å². The molecule has 0 aromatic carbocycles. The first kappa shape index (κ1) is 99.1. The minimum Gasteiger partial charge on any atom is -0.462 e. The highest BCUT2D eigenvalue weighted by Gasteiger charge is 2.30. The topological polar surface area (TPSA) is 237 Å². The Labute approximate surface area is 619 Å². The number of carbonyl (C=O) groups excluding carboxylic acids is 4. The van der Waals surface area contributed by atoms with E-state index >= 15 is 0 Å². The second kappa shape index (κ2) is 74.9. The van der Waals surface area contributed by atoms with E-state index in [2.05, 4.69) is 34.6 Å². The third-order valence-corrected chi connectivity index (χ3v) is 21.2. The van der Waals surface area contributed by atoms with Crippen molar-refractivity contribution in [2.24, 2.45) is 5.92 Å². The highest BCUT2D eigenvalue weighted by atomic mass is 31.2. The van der Waals surface area contributed by atoms with Crippen molar-refractivity contribution in [2.75, 3.05) is 39.6 Å². The van der Waals surface area contributed by atoms with Crippen LogP contribution < -0.4 is 0 Å². The molecule has 0 aromatic rings. The van der Waals surface area contributed by atoms with Crippen LogP contribution in [0.5, 0.6) is 0 Å². The van der Waals surface area contributed by atoms with E-state index in [1.165, 1.54) is 257 Å². The molecule has 600 valence electrons. The standard InChI is InChI=1S/C82H160O17P2/c1-6-9-12-15-18-21-24-26-28-30-32-33-34-35-37-39-41-44-47-52-58-63-68-82(87)98-77(71-92-79(84)65-60-55-50-45-43-40-38-36-31-29-27-25-22-19-16-13-10-7-2)73-96-100(88,89)94-69-76(83)70-95-101(90,91)97-74-78(72-93-80(85)66-61-56-53-48-49-54-59-64-75(4)5)99-81(86)67-62-57-51-46-42-23-20-17-14-11-8-3/h75-78,83H,6-74H2,1-5H3,(H,88,89)(H,90,91)/t76-,77-,78-/m1/s1. The van der Waals surface area contributed by atoms with Crippen LogP contribution >= 0.6 is 15.6 Å². The lowest BCUT2D eigenvalue weighted by atomic mass is 10.0. The molecule has 0 bridgehead atoms. The van der Waals surface area contributed by atoms with E-state index in [0.29, 0.717) is 31.6 Å². The molecule has 0 radical (unpaired) electrons. The Balaban J connectivity index is 5.19. The Morgan fingerprint density at radius 3 is 0.673 bits per heavy atom. The summed E-state index contributed by atoms with van der Waals surface area (Å²) >= 11 is 0. The Kier molecular flexibility index (Phi) is 73.5. The van der Waals surface area contributed by atoms with Crippen LogP contribution in [0.25, 0.3) is 0 Å². The zero-order valence-electron chi connectivity index (χ0n) is 66.1. The third-order valence-electron chi connectivity index (χ3n) is 19.3. The molecule has 0 saturated heterocycles. The number of hydrogen-bond acceptors (Lipinski definition) is 15. The van der Waals surface area contributed by atoms with E-state index in [1.54, 1.807) is 0 Å². The third kappa shape index (κ3) is 76.1. The van der Waals surface area contributed by atoms with E-state index in [1.807, 2.05) is 0 Å². The van der Waals surface area contributed by atoms with Gasteiger partial charge in [0.2, 0.25) is 0 Å². The van der Waals surface area contributed by atoms with Crippen molar-refractivity contribution in [1.82, 2.24) is 0 Å². The number of unbranched alkanes of at least 4 members (excludes halogenated alkanes) is 54. The molecule has 0 aliphatic carbocycles. The molecule has 101 heavy (non-hydrogen) atoms. The molecule has 17 nitrogen and oxygen atoms in total. The molecule has 0 aliphatic heterocycles. The van der Waals surface area contributed by atoms with Crippen molar-refractivity contribution in [1.29, 1.82) is 0 Å². The van der Waals surface area contributed by atoms with Crippen LogP contribution in [0.15, 0.2) is 0 Å². The summed E-state index contributed by atoms with van der Waals surface area (Å²) in [5, 5.41) is 10.6. The van der Waals surface area contributed by atoms with Gasteiger partial charge < -0.3 is 33.8 Å². The van der Waals surface area contributed by atoms with Gasteiger partial charge in [-0.1, -0.05) is 388 Å². The molecule has 19 heteroatoms. The van der Waals surface area contributed by atoms with Gasteiger partial charge >= 0.3 is 39.5 Å². The van der Waals surface area contributed by atoms with Gasteiger partial charge in [-0.25, -0.2) is 9.13 Å². The second-order valence-corrected chi connectivity index (χ2v) is 32.9. The molecule has 0 spiro atoms. The fourth-order valence-corrected chi connectivity index (χ4v) is 14.3. The Hall–Kier alpha value is -1.94. The number of aliphatic hydroxyl groups is 1. The first-order valence-corrected chi connectivity index (χ1v) is 45.6. The van der Waals surface area contributed by atoms with Crippen molar-refractivity contribution < 1.29 is 80.2 Å². The van der Waals surface area contributed by atoms with Gasteiger partial charge in [0.05, 0.1) is 26.4 Å². The van der Waals surface area contributed by atoms with Crippen LogP contribution in [0.3, 0.4) is 0 Å². The highest BCUT2D eigenvalue weighted by Crippen LogP contribution is 2.45. The lowest BCUT2D eigenvalue weighted by molar-refractivity contribution is -0.161. The maximum Gasteiger partial charge on any atom is 0.472 e. The van der Waals surface area contributed by atoms with Gasteiger partial charge in [0.1, 0.15) is 19.3 Å². The van der Waals surface area contributed by atoms with Crippen LogP contribution in [-0.2, 0) is 65.4 Å². The lowest BCUT2D eigenvalue weighted by Gasteiger charge is -2.21. The normalized spacial score (nSPS) is 13.8. The first-order valence-electron chi connectivity index (χ1n) is 42.6. The van der Waals surface area contributed by atoms with E-state index in [9.17, 15) is 43.2 Å². The van der Waals surface area contributed by atoms with Gasteiger partial charge in [-0.2, -0.15) is 0 Å². The largest absolute Gasteiger partial charge is 0.472 e. The summed E-state index contributed by atoms with van der Waals surface area (Å²) in [6.07, 6.45) is 66.9. The molecular formula is C82H160O17P2. The summed E-state index contributed by atoms with van der Waals surface area (Å²) in [5.41, 5.74) is 0. The average molecular weight is 1480 g/mol. The SMILES string of the molecule is CCCCCCCCCCCCCCCCCCCCCCCCC(=O)O[C@H](COC(=O)CCCCCCCCCCCCCCCCCCCC)COP(=O)(O)OC[C@@H](O)COP(=O)(O)OC[C@@H](COC(=O)CCCCCCCCCC(C)C)OC(=O)CCCCCCCCCCCCC. The van der Waals surface area contributed by atoms with Gasteiger partial charge in [-0.15, -0.1) is 0 Å². The Morgan fingerprint density at radius 1 is 0.267 bits per heavy atom. The molecule has 2 unspecified atom stereocenters. The predicted molar refractivity (Wildman–Crippen MR) is 414 cm³/mol. The van der Waals surface area contributed by atoms with E-state index < -0.39 is 97.5 Å². The average Bonchev–Trinajstić information content (AvgIpc) is 0.920. The summed E-state index contributed by atoms with van der Waals surface area (Å²) in [6, 6.07) is 0. The summed E-state index contributed by atoms with van der Waals surface area (Å²) < 4.78 is 68.7. The smallest absolute Gasteiger partial charge is 0.462 e. The van der Waals surface area contributed by atoms with Crippen molar-refractivity contribution in [3.05, 3.63) is 0 Å². The van der Waals surface area contributed by atoms with Crippen LogP contribution in [-0.4, -0.2) is 96.7 Å². The fraction of sp³-hybridized carbons (Fsp3) is 0.951. The number of aliphatic hydroxyl groups excluding tert-OH is 1. The molecule has 5 atom stereocenters.